The molecule has 0 fully saturated rings. The Hall–Kier alpha value is -2.31. The molecule has 0 bridgehead atoms. The number of carbonyl (C=O) groups excluding carboxylic acids is 2. The lowest BCUT2D eigenvalue weighted by Gasteiger charge is -2.13. The standard InChI is InChI=1S/C16H18ClN3O3/c1-10(15(22)18-8-9-21)19-16(23)14-7-6-13(20-14)11-2-4-12(17)5-3-11/h2-7,10,20-21H,8-9H2,1H3,(H,18,22)(H,19,23). The van der Waals surface area contributed by atoms with Crippen molar-refractivity contribution >= 4 is 23.4 Å². The van der Waals surface area contributed by atoms with Gasteiger partial charge in [0.05, 0.1) is 6.61 Å². The molecule has 23 heavy (non-hydrogen) atoms. The lowest BCUT2D eigenvalue weighted by molar-refractivity contribution is -0.122. The minimum absolute atomic E-state index is 0.145. The second kappa shape index (κ2) is 7.80. The fourth-order valence-electron chi connectivity index (χ4n) is 2.00. The van der Waals surface area contributed by atoms with E-state index in [1.54, 1.807) is 31.2 Å². The van der Waals surface area contributed by atoms with Crippen LogP contribution in [0.15, 0.2) is 36.4 Å². The van der Waals surface area contributed by atoms with E-state index in [0.29, 0.717) is 10.7 Å². The smallest absolute Gasteiger partial charge is 0.268 e. The number of H-pyrrole nitrogens is 1. The molecule has 0 radical (unpaired) electrons. The molecule has 1 atom stereocenters. The summed E-state index contributed by atoms with van der Waals surface area (Å²) < 4.78 is 0. The van der Waals surface area contributed by atoms with Gasteiger partial charge < -0.3 is 20.7 Å². The van der Waals surface area contributed by atoms with E-state index >= 15 is 0 Å². The lowest BCUT2D eigenvalue weighted by Crippen LogP contribution is -2.45. The molecule has 0 aliphatic heterocycles. The molecule has 6 nitrogen and oxygen atoms in total. The highest BCUT2D eigenvalue weighted by atomic mass is 35.5. The first kappa shape index (κ1) is 17.1. The third-order valence-electron chi connectivity index (χ3n) is 3.24. The zero-order valence-electron chi connectivity index (χ0n) is 12.6. The first-order valence-electron chi connectivity index (χ1n) is 7.15. The average Bonchev–Trinajstić information content (AvgIpc) is 3.03. The van der Waals surface area contributed by atoms with Gasteiger partial charge in [0.2, 0.25) is 5.91 Å². The molecule has 1 unspecified atom stereocenters. The highest BCUT2D eigenvalue weighted by molar-refractivity contribution is 6.30. The Balaban J connectivity index is 2.01. The van der Waals surface area contributed by atoms with Crippen LogP contribution in [0.1, 0.15) is 17.4 Å². The normalized spacial score (nSPS) is 11.8. The third kappa shape index (κ3) is 4.58. The summed E-state index contributed by atoms with van der Waals surface area (Å²) in [6, 6.07) is 9.97. The van der Waals surface area contributed by atoms with Crippen LogP contribution < -0.4 is 10.6 Å². The zero-order chi connectivity index (χ0) is 16.8. The van der Waals surface area contributed by atoms with Crippen LogP contribution in [0.4, 0.5) is 0 Å². The van der Waals surface area contributed by atoms with Gasteiger partial charge in [-0.15, -0.1) is 0 Å². The van der Waals surface area contributed by atoms with Crippen molar-refractivity contribution in [3.05, 3.63) is 47.1 Å². The number of aliphatic hydroxyl groups is 1. The quantitative estimate of drug-likeness (QED) is 0.645. The number of hydrogen-bond donors (Lipinski definition) is 4. The van der Waals surface area contributed by atoms with Crippen LogP contribution in [-0.4, -0.2) is 41.1 Å². The van der Waals surface area contributed by atoms with Crippen molar-refractivity contribution in [3.63, 3.8) is 0 Å². The molecule has 1 aromatic carbocycles. The number of halogens is 1. The van der Waals surface area contributed by atoms with Gasteiger partial charge >= 0.3 is 0 Å². The maximum absolute atomic E-state index is 12.1. The Bertz CT molecular complexity index is 682. The summed E-state index contributed by atoms with van der Waals surface area (Å²) in [6.07, 6.45) is 0. The van der Waals surface area contributed by atoms with E-state index in [-0.39, 0.29) is 25.0 Å². The molecule has 1 aromatic heterocycles. The lowest BCUT2D eigenvalue weighted by atomic mass is 10.2. The zero-order valence-corrected chi connectivity index (χ0v) is 13.4. The van der Waals surface area contributed by atoms with Crippen molar-refractivity contribution in [2.75, 3.05) is 13.2 Å². The van der Waals surface area contributed by atoms with E-state index < -0.39 is 6.04 Å². The fourth-order valence-corrected chi connectivity index (χ4v) is 2.12. The summed E-state index contributed by atoms with van der Waals surface area (Å²) in [6.45, 7) is 1.59. The van der Waals surface area contributed by atoms with Gasteiger partial charge in [0.1, 0.15) is 11.7 Å². The van der Waals surface area contributed by atoms with E-state index in [2.05, 4.69) is 15.6 Å². The molecule has 0 saturated carbocycles. The number of aromatic amines is 1. The van der Waals surface area contributed by atoms with Crippen molar-refractivity contribution in [3.8, 4) is 11.3 Å². The maximum Gasteiger partial charge on any atom is 0.268 e. The van der Waals surface area contributed by atoms with Gasteiger partial charge in [0.25, 0.3) is 5.91 Å². The highest BCUT2D eigenvalue weighted by Gasteiger charge is 2.17. The van der Waals surface area contributed by atoms with Crippen LogP contribution in [0.25, 0.3) is 11.3 Å². The van der Waals surface area contributed by atoms with E-state index in [9.17, 15) is 9.59 Å². The van der Waals surface area contributed by atoms with Gasteiger partial charge in [0, 0.05) is 17.3 Å². The number of aliphatic hydroxyl groups excluding tert-OH is 1. The molecule has 4 N–H and O–H groups in total. The molecule has 0 saturated heterocycles. The van der Waals surface area contributed by atoms with Gasteiger partial charge in [-0.25, -0.2) is 0 Å². The molecule has 2 rings (SSSR count). The van der Waals surface area contributed by atoms with Gasteiger partial charge in [-0.1, -0.05) is 23.7 Å². The summed E-state index contributed by atoms with van der Waals surface area (Å²) >= 11 is 5.85. The first-order valence-corrected chi connectivity index (χ1v) is 7.53. The summed E-state index contributed by atoms with van der Waals surface area (Å²) in [5, 5.41) is 14.4. The molecule has 0 spiro atoms. The summed E-state index contributed by atoms with van der Waals surface area (Å²) in [7, 11) is 0. The predicted octanol–water partition coefficient (Wildman–Crippen LogP) is 1.56. The Morgan fingerprint density at radius 1 is 1.22 bits per heavy atom. The van der Waals surface area contributed by atoms with Crippen molar-refractivity contribution in [1.82, 2.24) is 15.6 Å². The Morgan fingerprint density at radius 3 is 2.57 bits per heavy atom. The monoisotopic (exact) mass is 335 g/mol. The molecule has 2 aromatic rings. The fraction of sp³-hybridized carbons (Fsp3) is 0.250. The molecule has 0 aliphatic carbocycles. The SMILES string of the molecule is CC(NC(=O)c1ccc(-c2ccc(Cl)cc2)[nH]1)C(=O)NCCO. The molecular weight excluding hydrogens is 318 g/mol. The molecule has 122 valence electrons. The van der Waals surface area contributed by atoms with Gasteiger partial charge in [0.15, 0.2) is 0 Å². The predicted molar refractivity (Wildman–Crippen MR) is 88.3 cm³/mol. The third-order valence-corrected chi connectivity index (χ3v) is 3.49. The van der Waals surface area contributed by atoms with E-state index in [0.717, 1.165) is 11.3 Å². The Kier molecular flexibility index (Phi) is 5.78. The Labute approximate surface area is 138 Å². The van der Waals surface area contributed by atoms with Crippen LogP contribution in [0.2, 0.25) is 5.02 Å². The number of amides is 2. The van der Waals surface area contributed by atoms with Crippen LogP contribution in [0.3, 0.4) is 0 Å². The molecule has 1 heterocycles. The maximum atomic E-state index is 12.1. The number of hydrogen-bond acceptors (Lipinski definition) is 3. The number of aromatic nitrogens is 1. The van der Waals surface area contributed by atoms with E-state index in [4.69, 9.17) is 16.7 Å². The second-order valence-corrected chi connectivity index (χ2v) is 5.44. The van der Waals surface area contributed by atoms with Crippen LogP contribution in [0, 0.1) is 0 Å². The topological polar surface area (TPSA) is 94.2 Å². The van der Waals surface area contributed by atoms with Crippen LogP contribution >= 0.6 is 11.6 Å². The Morgan fingerprint density at radius 2 is 1.91 bits per heavy atom. The number of carbonyl (C=O) groups is 2. The summed E-state index contributed by atoms with van der Waals surface area (Å²) in [4.78, 5) is 26.8. The molecule has 0 aliphatic rings. The minimum atomic E-state index is -0.698. The largest absolute Gasteiger partial charge is 0.395 e. The number of nitrogens with one attached hydrogen (secondary N) is 3. The minimum Gasteiger partial charge on any atom is -0.395 e. The van der Waals surface area contributed by atoms with Gasteiger partial charge in [-0.05, 0) is 36.8 Å². The van der Waals surface area contributed by atoms with E-state index in [1.165, 1.54) is 0 Å². The molecular formula is C16H18ClN3O3. The summed E-state index contributed by atoms with van der Waals surface area (Å²) in [5.74, 6) is -0.728. The van der Waals surface area contributed by atoms with Crippen molar-refractivity contribution in [2.24, 2.45) is 0 Å². The van der Waals surface area contributed by atoms with Crippen molar-refractivity contribution in [1.29, 1.82) is 0 Å². The average molecular weight is 336 g/mol. The van der Waals surface area contributed by atoms with Crippen molar-refractivity contribution < 1.29 is 14.7 Å². The van der Waals surface area contributed by atoms with Crippen LogP contribution in [-0.2, 0) is 4.79 Å². The van der Waals surface area contributed by atoms with Crippen molar-refractivity contribution in [2.45, 2.75) is 13.0 Å². The van der Waals surface area contributed by atoms with Gasteiger partial charge in [-0.2, -0.15) is 0 Å². The highest BCUT2D eigenvalue weighted by Crippen LogP contribution is 2.20. The van der Waals surface area contributed by atoms with Gasteiger partial charge in [-0.3, -0.25) is 9.59 Å². The first-order chi connectivity index (χ1) is 11.0. The van der Waals surface area contributed by atoms with Crippen LogP contribution in [0.5, 0.6) is 0 Å². The second-order valence-electron chi connectivity index (χ2n) is 5.00. The van der Waals surface area contributed by atoms with E-state index in [1.807, 2.05) is 12.1 Å². The molecule has 2 amide bonds. The number of rotatable bonds is 6. The number of benzene rings is 1. The molecule has 7 heteroatoms. The summed E-state index contributed by atoms with van der Waals surface area (Å²) in [5.41, 5.74) is 2.04.